The predicted molar refractivity (Wildman–Crippen MR) is 69.7 cm³/mol. The number of carboxylic acids is 1. The summed E-state index contributed by atoms with van der Waals surface area (Å²) in [6, 6.07) is 8.63. The summed E-state index contributed by atoms with van der Waals surface area (Å²) in [5.41, 5.74) is -0.103. The summed E-state index contributed by atoms with van der Waals surface area (Å²) in [5.74, 6) is -0.448. The smallest absolute Gasteiger partial charge is 0.416 e. The molecule has 0 bridgehead atoms. The van der Waals surface area contributed by atoms with Crippen molar-refractivity contribution in [1.82, 2.24) is 0 Å². The Morgan fingerprint density at radius 1 is 1.05 bits per heavy atom. The number of ether oxygens (including phenoxy) is 1. The summed E-state index contributed by atoms with van der Waals surface area (Å²) in [6.45, 7) is 1.61. The molecule has 2 rings (SSSR count). The molecule has 0 aliphatic carbocycles. The minimum Gasteiger partial charge on any atom is -0.478 e. The zero-order chi connectivity index (χ0) is 15.6. The molecule has 110 valence electrons. The lowest BCUT2D eigenvalue weighted by atomic mass is 10.1. The van der Waals surface area contributed by atoms with Gasteiger partial charge in [-0.15, -0.1) is 0 Å². The number of carboxylic acid groups (broad SMARTS) is 1. The molecule has 0 saturated heterocycles. The maximum Gasteiger partial charge on any atom is 0.416 e. The molecular formula is C15H11F3O3. The third kappa shape index (κ3) is 3.53. The van der Waals surface area contributed by atoms with Gasteiger partial charge in [0.05, 0.1) is 11.1 Å². The summed E-state index contributed by atoms with van der Waals surface area (Å²) in [5, 5.41) is 8.91. The van der Waals surface area contributed by atoms with Gasteiger partial charge in [-0.3, -0.25) is 0 Å². The van der Waals surface area contributed by atoms with Crippen LogP contribution in [0.1, 0.15) is 21.5 Å². The average Bonchev–Trinajstić information content (AvgIpc) is 2.38. The minimum absolute atomic E-state index is 0.148. The van der Waals surface area contributed by atoms with Crippen LogP contribution in [0.3, 0.4) is 0 Å². The van der Waals surface area contributed by atoms with E-state index in [-0.39, 0.29) is 11.3 Å². The van der Waals surface area contributed by atoms with Gasteiger partial charge in [0, 0.05) is 0 Å². The fourth-order valence-corrected chi connectivity index (χ4v) is 1.79. The van der Waals surface area contributed by atoms with Crippen LogP contribution in [0.15, 0.2) is 42.5 Å². The largest absolute Gasteiger partial charge is 0.478 e. The highest BCUT2D eigenvalue weighted by Crippen LogP contribution is 2.31. The van der Waals surface area contributed by atoms with Crippen molar-refractivity contribution >= 4 is 5.97 Å². The van der Waals surface area contributed by atoms with E-state index in [4.69, 9.17) is 9.84 Å². The topological polar surface area (TPSA) is 46.5 Å². The first-order valence-corrected chi connectivity index (χ1v) is 5.96. The van der Waals surface area contributed by atoms with Gasteiger partial charge in [-0.1, -0.05) is 0 Å². The van der Waals surface area contributed by atoms with E-state index in [1.54, 1.807) is 6.92 Å². The van der Waals surface area contributed by atoms with Crippen molar-refractivity contribution in [1.29, 1.82) is 0 Å². The van der Waals surface area contributed by atoms with Gasteiger partial charge in [0.2, 0.25) is 0 Å². The highest BCUT2D eigenvalue weighted by atomic mass is 19.4. The predicted octanol–water partition coefficient (Wildman–Crippen LogP) is 4.50. The van der Waals surface area contributed by atoms with Crippen molar-refractivity contribution in [3.8, 4) is 11.5 Å². The zero-order valence-electron chi connectivity index (χ0n) is 10.9. The summed E-state index contributed by atoms with van der Waals surface area (Å²) in [6.07, 6.45) is -4.39. The molecule has 0 aliphatic rings. The van der Waals surface area contributed by atoms with Gasteiger partial charge >= 0.3 is 12.1 Å². The quantitative estimate of drug-likeness (QED) is 0.906. The molecule has 0 aromatic heterocycles. The third-order valence-electron chi connectivity index (χ3n) is 2.85. The average molecular weight is 296 g/mol. The van der Waals surface area contributed by atoms with Crippen LogP contribution in [0.2, 0.25) is 0 Å². The lowest BCUT2D eigenvalue weighted by Crippen LogP contribution is -2.04. The van der Waals surface area contributed by atoms with E-state index in [1.165, 1.54) is 30.3 Å². The molecule has 0 spiro atoms. The van der Waals surface area contributed by atoms with Crippen LogP contribution < -0.4 is 4.74 Å². The van der Waals surface area contributed by atoms with Crippen LogP contribution in [0, 0.1) is 6.92 Å². The van der Waals surface area contributed by atoms with Crippen LogP contribution in [0.25, 0.3) is 0 Å². The summed E-state index contributed by atoms with van der Waals surface area (Å²) < 4.78 is 42.7. The molecule has 0 atom stereocenters. The molecule has 0 radical (unpaired) electrons. The number of alkyl halides is 3. The maximum absolute atomic E-state index is 12.4. The Morgan fingerprint density at radius 2 is 1.62 bits per heavy atom. The standard InChI is InChI=1S/C15H11F3O3/c1-9-8-12(6-7-13(9)14(19)20)21-11-4-2-10(3-5-11)15(16,17)18/h2-8H,1H3,(H,19,20). The monoisotopic (exact) mass is 296 g/mol. The number of halogens is 3. The number of hydrogen-bond donors (Lipinski definition) is 1. The number of hydrogen-bond acceptors (Lipinski definition) is 2. The Kier molecular flexibility index (Phi) is 3.88. The van der Waals surface area contributed by atoms with Crippen LogP contribution in [-0.4, -0.2) is 11.1 Å². The van der Waals surface area contributed by atoms with Gasteiger partial charge in [0.15, 0.2) is 0 Å². The van der Waals surface area contributed by atoms with Gasteiger partial charge in [-0.2, -0.15) is 13.2 Å². The summed E-state index contributed by atoms with van der Waals surface area (Å²) in [4.78, 5) is 10.9. The van der Waals surface area contributed by atoms with E-state index in [1.807, 2.05) is 0 Å². The molecule has 0 aliphatic heterocycles. The first-order chi connectivity index (χ1) is 9.77. The SMILES string of the molecule is Cc1cc(Oc2ccc(C(F)(F)F)cc2)ccc1C(=O)O. The minimum atomic E-state index is -4.39. The van der Waals surface area contributed by atoms with Crippen LogP contribution in [-0.2, 0) is 6.18 Å². The highest BCUT2D eigenvalue weighted by Gasteiger charge is 2.30. The Labute approximate surface area is 118 Å². The maximum atomic E-state index is 12.4. The zero-order valence-corrected chi connectivity index (χ0v) is 10.9. The lowest BCUT2D eigenvalue weighted by Gasteiger charge is -2.10. The number of aryl methyl sites for hydroxylation is 1. The Balaban J connectivity index is 2.19. The van der Waals surface area contributed by atoms with E-state index in [9.17, 15) is 18.0 Å². The molecule has 2 aromatic carbocycles. The second kappa shape index (κ2) is 5.47. The van der Waals surface area contributed by atoms with Crippen molar-refractivity contribution in [2.75, 3.05) is 0 Å². The van der Waals surface area contributed by atoms with Gasteiger partial charge < -0.3 is 9.84 Å². The van der Waals surface area contributed by atoms with Gasteiger partial charge in [0.25, 0.3) is 0 Å². The molecule has 1 N–H and O–H groups in total. The van der Waals surface area contributed by atoms with Crippen LogP contribution in [0.4, 0.5) is 13.2 Å². The molecule has 6 heteroatoms. The number of aromatic carboxylic acids is 1. The first kappa shape index (κ1) is 14.9. The molecule has 0 unspecified atom stereocenters. The Hall–Kier alpha value is -2.50. The molecular weight excluding hydrogens is 285 g/mol. The second-order valence-electron chi connectivity index (χ2n) is 4.41. The molecule has 0 fully saturated rings. The fourth-order valence-electron chi connectivity index (χ4n) is 1.79. The molecule has 0 saturated carbocycles. The summed E-state index contributed by atoms with van der Waals surface area (Å²) in [7, 11) is 0. The van der Waals surface area contributed by atoms with E-state index in [2.05, 4.69) is 0 Å². The van der Waals surface area contributed by atoms with Crippen molar-refractivity contribution in [3.05, 3.63) is 59.2 Å². The van der Waals surface area contributed by atoms with E-state index < -0.39 is 17.7 Å². The van der Waals surface area contributed by atoms with Gasteiger partial charge in [-0.05, 0) is 55.0 Å². The van der Waals surface area contributed by atoms with E-state index >= 15 is 0 Å². The first-order valence-electron chi connectivity index (χ1n) is 5.96. The number of benzene rings is 2. The van der Waals surface area contributed by atoms with Crippen molar-refractivity contribution in [2.45, 2.75) is 13.1 Å². The molecule has 0 heterocycles. The van der Waals surface area contributed by atoms with Crippen LogP contribution in [0.5, 0.6) is 11.5 Å². The van der Waals surface area contributed by atoms with Crippen molar-refractivity contribution in [2.24, 2.45) is 0 Å². The van der Waals surface area contributed by atoms with Crippen LogP contribution >= 0.6 is 0 Å². The summed E-state index contributed by atoms with van der Waals surface area (Å²) >= 11 is 0. The normalized spacial score (nSPS) is 11.2. The number of carbonyl (C=O) groups is 1. The van der Waals surface area contributed by atoms with E-state index in [0.717, 1.165) is 12.1 Å². The number of rotatable bonds is 3. The molecule has 3 nitrogen and oxygen atoms in total. The Morgan fingerprint density at radius 3 is 2.10 bits per heavy atom. The van der Waals surface area contributed by atoms with Gasteiger partial charge in [0.1, 0.15) is 11.5 Å². The van der Waals surface area contributed by atoms with Crippen molar-refractivity contribution < 1.29 is 27.8 Å². The lowest BCUT2D eigenvalue weighted by molar-refractivity contribution is -0.137. The second-order valence-corrected chi connectivity index (χ2v) is 4.41. The third-order valence-corrected chi connectivity index (χ3v) is 2.85. The molecule has 2 aromatic rings. The van der Waals surface area contributed by atoms with E-state index in [0.29, 0.717) is 11.3 Å². The highest BCUT2D eigenvalue weighted by molar-refractivity contribution is 5.89. The Bertz CT molecular complexity index is 661. The van der Waals surface area contributed by atoms with Crippen molar-refractivity contribution in [3.63, 3.8) is 0 Å². The fraction of sp³-hybridized carbons (Fsp3) is 0.133. The molecule has 21 heavy (non-hydrogen) atoms. The van der Waals surface area contributed by atoms with Gasteiger partial charge in [-0.25, -0.2) is 4.79 Å². The molecule has 0 amide bonds.